The Morgan fingerprint density at radius 2 is 1.27 bits per heavy atom. The predicted molar refractivity (Wildman–Crippen MR) is 53.6 cm³/mol. The van der Waals surface area contributed by atoms with Crippen LogP contribution in [0.2, 0.25) is 8.87 Å². The molecule has 0 amide bonds. The Bertz CT molecular complexity index is 84.1. The van der Waals surface area contributed by atoms with Crippen molar-refractivity contribution in [3.05, 3.63) is 0 Å². The topological polar surface area (TPSA) is 52.0 Å². The number of nitrogens with two attached hydrogens (primary N) is 2. The van der Waals surface area contributed by atoms with Crippen molar-refractivity contribution in [2.45, 2.75) is 48.4 Å². The Hall–Kier alpha value is 0.719. The molecule has 0 aliphatic heterocycles. The van der Waals surface area contributed by atoms with Gasteiger partial charge in [-0.1, -0.05) is 0 Å². The van der Waals surface area contributed by atoms with Crippen molar-refractivity contribution in [3.8, 4) is 0 Å². The maximum atomic E-state index is 6.08. The first-order valence-electron chi connectivity index (χ1n) is 4.70. The molecule has 0 rings (SSSR count). The van der Waals surface area contributed by atoms with Gasteiger partial charge in [-0.15, -0.1) is 0 Å². The summed E-state index contributed by atoms with van der Waals surface area (Å²) in [5.74, 6) is 0. The van der Waals surface area contributed by atoms with Gasteiger partial charge in [0.1, 0.15) is 0 Å². The van der Waals surface area contributed by atoms with Gasteiger partial charge in [0, 0.05) is 0 Å². The summed E-state index contributed by atoms with van der Waals surface area (Å²) in [5.41, 5.74) is 0. The monoisotopic (exact) mass is 266 g/mol. The molecule has 0 heterocycles. The molecule has 68 valence electrons. The summed E-state index contributed by atoms with van der Waals surface area (Å²) >= 11 is -2.44. The minimum absolute atomic E-state index is 1.17. The molecule has 0 aromatic heterocycles. The number of unbranched alkanes of at least 4 members (excludes halogenated alkanes) is 2. The molecule has 0 spiro atoms. The van der Waals surface area contributed by atoms with E-state index >= 15 is 0 Å². The third kappa shape index (κ3) is 7.09. The zero-order chi connectivity index (χ0) is 8.74. The molecule has 0 fully saturated rings. The molecule has 0 bridgehead atoms. The molecule has 0 saturated heterocycles. The van der Waals surface area contributed by atoms with Crippen LogP contribution < -0.4 is 7.91 Å². The average Bonchev–Trinajstić information content (AvgIpc) is 1.97. The number of hydrogen-bond acceptors (Lipinski definition) is 2. The van der Waals surface area contributed by atoms with Crippen molar-refractivity contribution in [1.29, 1.82) is 0 Å². The van der Waals surface area contributed by atoms with Gasteiger partial charge in [-0.25, -0.2) is 0 Å². The molecule has 0 aliphatic rings. The number of rotatable bonds is 6. The fourth-order valence-corrected chi connectivity index (χ4v) is 7.63. The van der Waals surface area contributed by atoms with Crippen LogP contribution in [0.25, 0.3) is 0 Å². The van der Waals surface area contributed by atoms with Crippen LogP contribution in [0, 0.1) is 0 Å². The Labute approximate surface area is 75.3 Å². The fourth-order valence-electron chi connectivity index (χ4n) is 1.14. The van der Waals surface area contributed by atoms with Gasteiger partial charge >= 0.3 is 75.2 Å². The third-order valence-corrected chi connectivity index (χ3v) is 9.32. The molecule has 4 N–H and O–H groups in total. The first-order chi connectivity index (χ1) is 5.12. The Kier molecular flexibility index (Phi) is 6.67. The molecule has 0 aromatic carbocycles. The van der Waals surface area contributed by atoms with Crippen molar-refractivity contribution in [2.75, 3.05) is 0 Å². The molecule has 0 saturated carbocycles. The third-order valence-electron chi connectivity index (χ3n) is 1.99. The van der Waals surface area contributed by atoms with Gasteiger partial charge in [0.15, 0.2) is 0 Å². The average molecular weight is 265 g/mol. The molecule has 11 heavy (non-hydrogen) atoms. The molecule has 0 unspecified atom stereocenters. The minimum atomic E-state index is -2.44. The summed E-state index contributed by atoms with van der Waals surface area (Å²) in [6, 6.07) is 0. The van der Waals surface area contributed by atoms with Crippen molar-refractivity contribution in [3.63, 3.8) is 0 Å². The van der Waals surface area contributed by atoms with Crippen LogP contribution >= 0.6 is 0 Å². The second kappa shape index (κ2) is 6.26. The van der Waals surface area contributed by atoms with Crippen LogP contribution in [0.15, 0.2) is 0 Å². The first kappa shape index (κ1) is 11.7. The van der Waals surface area contributed by atoms with Gasteiger partial charge in [-0.3, -0.25) is 0 Å². The van der Waals surface area contributed by atoms with Crippen LogP contribution in [0.1, 0.15) is 39.5 Å². The van der Waals surface area contributed by atoms with Crippen molar-refractivity contribution >= 4 is 18.9 Å². The summed E-state index contributed by atoms with van der Waals surface area (Å²) in [4.78, 5) is 0. The van der Waals surface area contributed by atoms with E-state index in [1.807, 2.05) is 0 Å². The van der Waals surface area contributed by atoms with Crippen LogP contribution in [-0.4, -0.2) is 18.9 Å². The van der Waals surface area contributed by atoms with Gasteiger partial charge in [-0.2, -0.15) is 0 Å². The van der Waals surface area contributed by atoms with Gasteiger partial charge in [0.25, 0.3) is 0 Å². The Morgan fingerprint density at radius 3 is 1.55 bits per heavy atom. The first-order valence-corrected chi connectivity index (χ1v) is 12.0. The van der Waals surface area contributed by atoms with Crippen molar-refractivity contribution in [1.82, 2.24) is 0 Å². The van der Waals surface area contributed by atoms with Crippen LogP contribution in [0.3, 0.4) is 0 Å². The van der Waals surface area contributed by atoms with E-state index in [1.165, 1.54) is 34.6 Å². The predicted octanol–water partition coefficient (Wildman–Crippen LogP) is 1.95. The van der Waals surface area contributed by atoms with E-state index in [2.05, 4.69) is 13.8 Å². The quantitative estimate of drug-likeness (QED) is 0.721. The standard InChI is InChI=1S/2C4H9.2H2N.Sn/c2*1-3-4-2;;;/h2*1,3-4H2,2H3;2*1H2;/q;;2*-1;+2. The van der Waals surface area contributed by atoms with Crippen LogP contribution in [0.4, 0.5) is 0 Å². The summed E-state index contributed by atoms with van der Waals surface area (Å²) in [6.45, 7) is 4.39. The molecule has 0 aliphatic carbocycles. The normalized spacial score (nSPS) is 12.0. The summed E-state index contributed by atoms with van der Waals surface area (Å²) in [5, 5.41) is 0. The molecule has 0 atom stereocenters. The van der Waals surface area contributed by atoms with E-state index < -0.39 is 18.9 Å². The van der Waals surface area contributed by atoms with Gasteiger partial charge in [0.2, 0.25) is 0 Å². The van der Waals surface area contributed by atoms with Gasteiger partial charge < -0.3 is 0 Å². The van der Waals surface area contributed by atoms with E-state index in [1.54, 1.807) is 0 Å². The second-order valence-corrected chi connectivity index (χ2v) is 13.3. The molecule has 0 radical (unpaired) electrons. The fraction of sp³-hybridized carbons (Fsp3) is 1.00. The van der Waals surface area contributed by atoms with Crippen molar-refractivity contribution < 1.29 is 0 Å². The SMILES string of the molecule is CCC[CH2][Sn]([NH2])([NH2])[CH2]CCC. The van der Waals surface area contributed by atoms with Gasteiger partial charge in [-0.05, 0) is 0 Å². The van der Waals surface area contributed by atoms with Crippen molar-refractivity contribution in [2.24, 2.45) is 7.91 Å². The van der Waals surface area contributed by atoms with E-state index in [9.17, 15) is 0 Å². The van der Waals surface area contributed by atoms with E-state index in [-0.39, 0.29) is 0 Å². The van der Waals surface area contributed by atoms with E-state index in [0.29, 0.717) is 0 Å². The summed E-state index contributed by atoms with van der Waals surface area (Å²) in [7, 11) is 0. The molecule has 3 heteroatoms. The van der Waals surface area contributed by atoms with Crippen LogP contribution in [-0.2, 0) is 0 Å². The molecule has 2 nitrogen and oxygen atoms in total. The van der Waals surface area contributed by atoms with E-state index in [4.69, 9.17) is 7.91 Å². The zero-order valence-electron chi connectivity index (χ0n) is 7.90. The Balaban J connectivity index is 3.43. The zero-order valence-corrected chi connectivity index (χ0v) is 10.8. The maximum absolute atomic E-state index is 6.08. The Morgan fingerprint density at radius 1 is 0.909 bits per heavy atom. The summed E-state index contributed by atoms with van der Waals surface area (Å²) in [6.07, 6.45) is 4.96. The van der Waals surface area contributed by atoms with E-state index in [0.717, 1.165) is 0 Å². The summed E-state index contributed by atoms with van der Waals surface area (Å²) < 4.78 is 14.5. The molecule has 0 aromatic rings. The van der Waals surface area contributed by atoms with Gasteiger partial charge in [0.05, 0.1) is 0 Å². The molecular weight excluding hydrogens is 243 g/mol. The second-order valence-electron chi connectivity index (χ2n) is 3.44. The van der Waals surface area contributed by atoms with Crippen LogP contribution in [0.5, 0.6) is 0 Å². The molecular formula is C8H22N2Sn. The number of hydrogen-bond donors (Lipinski definition) is 2.